The summed E-state index contributed by atoms with van der Waals surface area (Å²) in [6.07, 6.45) is 0. The first-order valence-corrected chi connectivity index (χ1v) is 13.1. The molecule has 1 fully saturated rings. The molecule has 5 rings (SSSR count). The second-order valence-electron chi connectivity index (χ2n) is 8.54. The average Bonchev–Trinajstić information content (AvgIpc) is 3.34. The number of morpholine rings is 1. The van der Waals surface area contributed by atoms with Crippen molar-refractivity contribution in [3.63, 3.8) is 0 Å². The number of nitrogens with zero attached hydrogens (tertiary/aromatic N) is 5. The summed E-state index contributed by atoms with van der Waals surface area (Å²) in [4.78, 5) is 17.6. The highest BCUT2D eigenvalue weighted by atomic mass is 32.2. The lowest BCUT2D eigenvalue weighted by atomic mass is 10.2. The van der Waals surface area contributed by atoms with Crippen LogP contribution in [0.15, 0.2) is 96.2 Å². The summed E-state index contributed by atoms with van der Waals surface area (Å²) in [5, 5.41) is 9.76. The molecule has 3 aromatic carbocycles. The van der Waals surface area contributed by atoms with Crippen LogP contribution in [0.5, 0.6) is 0 Å². The van der Waals surface area contributed by atoms with Gasteiger partial charge in [0.05, 0.1) is 32.1 Å². The molecule has 0 spiro atoms. The van der Waals surface area contributed by atoms with Gasteiger partial charge in [0.2, 0.25) is 11.9 Å². The number of benzene rings is 3. The number of ether oxygens (including phenoxy) is 1. The van der Waals surface area contributed by atoms with Crippen molar-refractivity contribution < 1.29 is 9.53 Å². The van der Waals surface area contributed by atoms with Gasteiger partial charge >= 0.3 is 0 Å². The topological polar surface area (TPSA) is 63.5 Å². The molecule has 8 heteroatoms. The number of amides is 1. The normalized spacial score (nSPS) is 13.5. The summed E-state index contributed by atoms with van der Waals surface area (Å²) >= 11 is 1.43. The first kappa shape index (κ1) is 24.1. The molecule has 1 aliphatic heterocycles. The SMILES string of the molecule is O=C(CSc1nnc(N2CCOCC2)n1Cc1ccccc1)N(Cc1ccccc1)c1ccccc1. The molecule has 4 aromatic rings. The van der Waals surface area contributed by atoms with Crippen LogP contribution in [-0.2, 0) is 22.6 Å². The number of para-hydroxylation sites is 1. The molecule has 1 aromatic heterocycles. The van der Waals surface area contributed by atoms with Gasteiger partial charge in [0.25, 0.3) is 0 Å². The second kappa shape index (κ2) is 11.9. The average molecular weight is 500 g/mol. The number of hydrogen-bond donors (Lipinski definition) is 0. The van der Waals surface area contributed by atoms with Gasteiger partial charge in [0.15, 0.2) is 5.16 Å². The van der Waals surface area contributed by atoms with Gasteiger partial charge < -0.3 is 14.5 Å². The van der Waals surface area contributed by atoms with E-state index < -0.39 is 0 Å². The summed E-state index contributed by atoms with van der Waals surface area (Å²) in [5.41, 5.74) is 3.13. The van der Waals surface area contributed by atoms with E-state index >= 15 is 0 Å². The largest absolute Gasteiger partial charge is 0.378 e. The lowest BCUT2D eigenvalue weighted by Gasteiger charge is -2.28. The van der Waals surface area contributed by atoms with E-state index in [1.54, 1.807) is 0 Å². The first-order chi connectivity index (χ1) is 17.8. The Morgan fingerprint density at radius 3 is 2.11 bits per heavy atom. The Morgan fingerprint density at radius 1 is 0.833 bits per heavy atom. The number of aromatic nitrogens is 3. The van der Waals surface area contributed by atoms with E-state index in [0.29, 0.717) is 26.3 Å². The van der Waals surface area contributed by atoms with Crippen LogP contribution in [0, 0.1) is 0 Å². The Labute approximate surface area is 215 Å². The number of anilines is 2. The molecule has 0 unspecified atom stereocenters. The molecular weight excluding hydrogens is 470 g/mol. The number of carbonyl (C=O) groups is 1. The number of carbonyl (C=O) groups excluding carboxylic acids is 1. The summed E-state index contributed by atoms with van der Waals surface area (Å²) in [7, 11) is 0. The summed E-state index contributed by atoms with van der Waals surface area (Å²) < 4.78 is 7.64. The summed E-state index contributed by atoms with van der Waals surface area (Å²) in [6.45, 7) is 4.05. The molecule has 184 valence electrons. The molecule has 0 atom stereocenters. The Bertz CT molecular complexity index is 1240. The summed E-state index contributed by atoms with van der Waals surface area (Å²) in [5.74, 6) is 1.11. The Hall–Kier alpha value is -3.62. The van der Waals surface area contributed by atoms with E-state index in [4.69, 9.17) is 4.74 Å². The predicted octanol–water partition coefficient (Wildman–Crippen LogP) is 4.49. The van der Waals surface area contributed by atoms with Crippen LogP contribution in [0.3, 0.4) is 0 Å². The van der Waals surface area contributed by atoms with Crippen molar-refractivity contribution in [1.82, 2.24) is 14.8 Å². The quantitative estimate of drug-likeness (QED) is 0.316. The van der Waals surface area contributed by atoms with Crippen molar-refractivity contribution in [1.29, 1.82) is 0 Å². The zero-order valence-electron chi connectivity index (χ0n) is 20.1. The van der Waals surface area contributed by atoms with Gasteiger partial charge in [-0.2, -0.15) is 0 Å². The Balaban J connectivity index is 1.36. The zero-order chi connectivity index (χ0) is 24.6. The molecule has 1 amide bonds. The molecule has 0 saturated carbocycles. The van der Waals surface area contributed by atoms with Gasteiger partial charge in [-0.15, -0.1) is 10.2 Å². The molecule has 0 N–H and O–H groups in total. The highest BCUT2D eigenvalue weighted by Gasteiger charge is 2.23. The van der Waals surface area contributed by atoms with Crippen molar-refractivity contribution in [2.45, 2.75) is 18.2 Å². The zero-order valence-corrected chi connectivity index (χ0v) is 20.9. The minimum atomic E-state index is 0.0252. The minimum Gasteiger partial charge on any atom is -0.378 e. The molecule has 0 aliphatic carbocycles. The van der Waals surface area contributed by atoms with Gasteiger partial charge in [-0.05, 0) is 23.3 Å². The fourth-order valence-electron chi connectivity index (χ4n) is 4.19. The highest BCUT2D eigenvalue weighted by molar-refractivity contribution is 7.99. The molecular formula is C28H29N5O2S. The Kier molecular flexibility index (Phi) is 7.95. The van der Waals surface area contributed by atoms with Gasteiger partial charge in [-0.3, -0.25) is 9.36 Å². The first-order valence-electron chi connectivity index (χ1n) is 12.1. The van der Waals surface area contributed by atoms with Crippen LogP contribution in [0.2, 0.25) is 0 Å². The lowest BCUT2D eigenvalue weighted by Crippen LogP contribution is -2.38. The third kappa shape index (κ3) is 5.95. The smallest absolute Gasteiger partial charge is 0.237 e. The van der Waals surface area contributed by atoms with Crippen LogP contribution in [-0.4, -0.2) is 52.7 Å². The number of thioether (sulfide) groups is 1. The standard InChI is InChI=1S/C28H29N5O2S/c34-26(32(25-14-8-3-9-15-25)20-23-10-4-1-5-11-23)22-36-28-30-29-27(31-16-18-35-19-17-31)33(28)21-24-12-6-2-7-13-24/h1-15H,16-22H2. The van der Waals surface area contributed by atoms with E-state index in [2.05, 4.69) is 31.8 Å². The molecule has 7 nitrogen and oxygen atoms in total. The van der Waals surface area contributed by atoms with Crippen LogP contribution in [0.25, 0.3) is 0 Å². The van der Waals surface area contributed by atoms with E-state index in [-0.39, 0.29) is 11.7 Å². The molecule has 1 aliphatic rings. The van der Waals surface area contributed by atoms with Crippen LogP contribution in [0.4, 0.5) is 11.6 Å². The van der Waals surface area contributed by atoms with E-state index in [1.807, 2.05) is 83.8 Å². The minimum absolute atomic E-state index is 0.0252. The molecule has 0 radical (unpaired) electrons. The summed E-state index contributed by atoms with van der Waals surface area (Å²) in [6, 6.07) is 30.2. The van der Waals surface area contributed by atoms with Crippen molar-refractivity contribution in [2.24, 2.45) is 0 Å². The van der Waals surface area contributed by atoms with Crippen LogP contribution in [0.1, 0.15) is 11.1 Å². The lowest BCUT2D eigenvalue weighted by molar-refractivity contribution is -0.116. The van der Waals surface area contributed by atoms with Crippen molar-refractivity contribution in [3.05, 3.63) is 102 Å². The Morgan fingerprint density at radius 2 is 1.44 bits per heavy atom. The predicted molar refractivity (Wildman–Crippen MR) is 143 cm³/mol. The van der Waals surface area contributed by atoms with Gasteiger partial charge in [-0.1, -0.05) is 90.6 Å². The third-order valence-electron chi connectivity index (χ3n) is 6.05. The van der Waals surface area contributed by atoms with Crippen molar-refractivity contribution >= 4 is 29.3 Å². The number of hydrogen-bond acceptors (Lipinski definition) is 6. The molecule has 0 bridgehead atoms. The maximum Gasteiger partial charge on any atom is 0.237 e. The van der Waals surface area contributed by atoms with E-state index in [9.17, 15) is 4.79 Å². The van der Waals surface area contributed by atoms with Gasteiger partial charge in [0.1, 0.15) is 0 Å². The fraction of sp³-hybridized carbons (Fsp3) is 0.250. The molecule has 1 saturated heterocycles. The maximum absolute atomic E-state index is 13.5. The second-order valence-corrected chi connectivity index (χ2v) is 9.49. The van der Waals surface area contributed by atoms with E-state index in [1.165, 1.54) is 11.8 Å². The van der Waals surface area contributed by atoms with Gasteiger partial charge in [0, 0.05) is 18.8 Å². The fourth-order valence-corrected chi connectivity index (χ4v) is 5.00. The third-order valence-corrected chi connectivity index (χ3v) is 7.00. The maximum atomic E-state index is 13.5. The monoisotopic (exact) mass is 499 g/mol. The van der Waals surface area contributed by atoms with Crippen molar-refractivity contribution in [3.8, 4) is 0 Å². The van der Waals surface area contributed by atoms with Gasteiger partial charge in [-0.25, -0.2) is 0 Å². The highest BCUT2D eigenvalue weighted by Crippen LogP contribution is 2.26. The van der Waals surface area contributed by atoms with Crippen LogP contribution < -0.4 is 9.80 Å². The molecule has 36 heavy (non-hydrogen) atoms. The number of rotatable bonds is 9. The molecule has 2 heterocycles. The van der Waals surface area contributed by atoms with Crippen molar-refractivity contribution in [2.75, 3.05) is 41.9 Å². The van der Waals surface area contributed by atoms with Crippen LogP contribution >= 0.6 is 11.8 Å². The van der Waals surface area contributed by atoms with E-state index in [0.717, 1.165) is 41.0 Å².